The average Bonchev–Trinajstić information content (AvgIpc) is 2.92. The van der Waals surface area contributed by atoms with Crippen molar-refractivity contribution in [1.29, 1.82) is 0 Å². The molecule has 2 N–H and O–H groups in total. The van der Waals surface area contributed by atoms with Crippen molar-refractivity contribution in [3.8, 4) is 0 Å². The lowest BCUT2D eigenvalue weighted by Crippen LogP contribution is -2.30. The summed E-state index contributed by atoms with van der Waals surface area (Å²) in [4.78, 5) is 4.55. The smallest absolute Gasteiger partial charge is 0.0945 e. The number of nitrogens with two attached hydrogens (primary N) is 1. The van der Waals surface area contributed by atoms with Crippen LogP contribution in [0.5, 0.6) is 0 Å². The predicted molar refractivity (Wildman–Crippen MR) is 84.0 cm³/mol. The van der Waals surface area contributed by atoms with Crippen LogP contribution in [0.15, 0.2) is 17.6 Å². The molecule has 0 radical (unpaired) electrons. The van der Waals surface area contributed by atoms with E-state index in [1.807, 2.05) is 0 Å². The number of thiazole rings is 1. The van der Waals surface area contributed by atoms with Gasteiger partial charge >= 0.3 is 0 Å². The van der Waals surface area contributed by atoms with Crippen LogP contribution in [0.25, 0.3) is 0 Å². The Bertz CT molecular complexity index is 609. The normalized spacial score (nSPS) is 20.9. The fourth-order valence-electron chi connectivity index (χ4n) is 3.24. The zero-order chi connectivity index (χ0) is 14.3. The van der Waals surface area contributed by atoms with Crippen molar-refractivity contribution in [3.63, 3.8) is 0 Å². The van der Waals surface area contributed by atoms with Gasteiger partial charge in [0.15, 0.2) is 0 Å². The molecule has 0 aliphatic heterocycles. The van der Waals surface area contributed by atoms with Gasteiger partial charge in [-0.05, 0) is 36.8 Å². The molecule has 2 heterocycles. The summed E-state index contributed by atoms with van der Waals surface area (Å²) in [6, 6.07) is 2.40. The molecule has 0 amide bonds. The van der Waals surface area contributed by atoms with E-state index in [0.29, 0.717) is 5.41 Å². The second kappa shape index (κ2) is 5.01. The number of aryl methyl sites for hydroxylation is 3. The molecule has 1 aliphatic rings. The lowest BCUT2D eigenvalue weighted by atomic mass is 9.74. The van der Waals surface area contributed by atoms with Gasteiger partial charge in [0.1, 0.15) is 0 Å². The van der Waals surface area contributed by atoms with Gasteiger partial charge in [0, 0.05) is 42.0 Å². The lowest BCUT2D eigenvalue weighted by Gasteiger charge is -2.34. The van der Waals surface area contributed by atoms with E-state index in [9.17, 15) is 0 Å². The molecule has 1 atom stereocenters. The van der Waals surface area contributed by atoms with E-state index in [1.165, 1.54) is 16.3 Å². The van der Waals surface area contributed by atoms with Gasteiger partial charge in [-0.25, -0.2) is 4.98 Å². The highest BCUT2D eigenvalue weighted by Gasteiger charge is 2.32. The summed E-state index contributed by atoms with van der Waals surface area (Å²) in [5.74, 6) is 0. The first kappa shape index (κ1) is 13.8. The summed E-state index contributed by atoms with van der Waals surface area (Å²) in [5.41, 5.74) is 10.5. The standard InChI is InChI=1S/C16H23N3S/c1-11-10-20-15(18-11)5-7-19-6-4-12-13(17)8-16(2,3)9-14(12)19/h4,6,10,13H,5,7-9,17H2,1-3H3. The van der Waals surface area contributed by atoms with Gasteiger partial charge in [-0.2, -0.15) is 0 Å². The summed E-state index contributed by atoms with van der Waals surface area (Å²) in [6.07, 6.45) is 5.41. The van der Waals surface area contributed by atoms with Gasteiger partial charge in [-0.3, -0.25) is 0 Å². The Morgan fingerprint density at radius 3 is 3.00 bits per heavy atom. The molecule has 2 aromatic heterocycles. The van der Waals surface area contributed by atoms with Crippen molar-refractivity contribution >= 4 is 11.3 Å². The highest BCUT2D eigenvalue weighted by Crippen LogP contribution is 2.40. The third kappa shape index (κ3) is 2.67. The molecule has 1 aliphatic carbocycles. The number of aromatic nitrogens is 2. The lowest BCUT2D eigenvalue weighted by molar-refractivity contribution is 0.275. The molecule has 2 aromatic rings. The van der Waals surface area contributed by atoms with Gasteiger partial charge in [-0.15, -0.1) is 11.3 Å². The van der Waals surface area contributed by atoms with Crippen LogP contribution in [0.2, 0.25) is 0 Å². The van der Waals surface area contributed by atoms with Crippen LogP contribution in [0.1, 0.15) is 48.3 Å². The van der Waals surface area contributed by atoms with Crippen molar-refractivity contribution in [2.24, 2.45) is 11.1 Å². The summed E-state index contributed by atoms with van der Waals surface area (Å²) >= 11 is 1.76. The Kier molecular flexibility index (Phi) is 3.46. The van der Waals surface area contributed by atoms with Crippen LogP contribution in [-0.2, 0) is 19.4 Å². The Morgan fingerprint density at radius 1 is 1.50 bits per heavy atom. The summed E-state index contributed by atoms with van der Waals surface area (Å²) < 4.78 is 2.38. The second-order valence-corrected chi connectivity index (χ2v) is 7.64. The van der Waals surface area contributed by atoms with Crippen molar-refractivity contribution in [2.45, 2.75) is 52.6 Å². The van der Waals surface area contributed by atoms with E-state index in [4.69, 9.17) is 5.73 Å². The van der Waals surface area contributed by atoms with Gasteiger partial charge in [0.05, 0.1) is 5.01 Å². The van der Waals surface area contributed by atoms with Crippen molar-refractivity contribution in [2.75, 3.05) is 0 Å². The third-order valence-electron chi connectivity index (χ3n) is 4.17. The number of hydrogen-bond donors (Lipinski definition) is 1. The highest BCUT2D eigenvalue weighted by atomic mass is 32.1. The van der Waals surface area contributed by atoms with Crippen LogP contribution in [0, 0.1) is 12.3 Å². The highest BCUT2D eigenvalue weighted by molar-refractivity contribution is 7.09. The van der Waals surface area contributed by atoms with Gasteiger partial charge in [0.25, 0.3) is 0 Å². The Hall–Kier alpha value is -1.13. The maximum atomic E-state index is 6.32. The Morgan fingerprint density at radius 2 is 2.30 bits per heavy atom. The number of rotatable bonds is 3. The monoisotopic (exact) mass is 289 g/mol. The number of nitrogens with zero attached hydrogens (tertiary/aromatic N) is 2. The molecule has 20 heavy (non-hydrogen) atoms. The zero-order valence-corrected chi connectivity index (χ0v) is 13.3. The number of hydrogen-bond acceptors (Lipinski definition) is 3. The van der Waals surface area contributed by atoms with Crippen molar-refractivity contribution < 1.29 is 0 Å². The second-order valence-electron chi connectivity index (χ2n) is 6.70. The van der Waals surface area contributed by atoms with E-state index in [0.717, 1.165) is 31.5 Å². The van der Waals surface area contributed by atoms with Crippen molar-refractivity contribution in [1.82, 2.24) is 9.55 Å². The minimum absolute atomic E-state index is 0.192. The molecule has 0 fully saturated rings. The van der Waals surface area contributed by atoms with E-state index < -0.39 is 0 Å². The molecule has 3 rings (SSSR count). The van der Waals surface area contributed by atoms with Crippen LogP contribution in [-0.4, -0.2) is 9.55 Å². The van der Waals surface area contributed by atoms with Crippen LogP contribution >= 0.6 is 11.3 Å². The third-order valence-corrected chi connectivity index (χ3v) is 5.19. The summed E-state index contributed by atoms with van der Waals surface area (Å²) in [6.45, 7) is 7.69. The van der Waals surface area contributed by atoms with Crippen molar-refractivity contribution in [3.05, 3.63) is 39.6 Å². The average molecular weight is 289 g/mol. The fraction of sp³-hybridized carbons (Fsp3) is 0.562. The molecule has 108 valence electrons. The van der Waals surface area contributed by atoms with E-state index in [1.54, 1.807) is 11.3 Å². The molecule has 0 spiro atoms. The molecule has 1 unspecified atom stereocenters. The number of fused-ring (bicyclic) bond motifs is 1. The predicted octanol–water partition coefficient (Wildman–Crippen LogP) is 3.47. The molecule has 0 saturated carbocycles. The minimum Gasteiger partial charge on any atom is -0.351 e. The Balaban J connectivity index is 1.78. The molecule has 3 nitrogen and oxygen atoms in total. The van der Waals surface area contributed by atoms with Crippen LogP contribution in [0.4, 0.5) is 0 Å². The zero-order valence-electron chi connectivity index (χ0n) is 12.5. The van der Waals surface area contributed by atoms with Gasteiger partial charge in [-0.1, -0.05) is 13.8 Å². The minimum atomic E-state index is 0.192. The summed E-state index contributed by atoms with van der Waals surface area (Å²) in [5, 5.41) is 3.35. The molecular weight excluding hydrogens is 266 g/mol. The quantitative estimate of drug-likeness (QED) is 0.940. The summed E-state index contributed by atoms with van der Waals surface area (Å²) in [7, 11) is 0. The first-order valence-electron chi connectivity index (χ1n) is 7.29. The first-order chi connectivity index (χ1) is 9.44. The van der Waals surface area contributed by atoms with Gasteiger partial charge in [0.2, 0.25) is 0 Å². The fourth-order valence-corrected chi connectivity index (χ4v) is 4.00. The molecular formula is C16H23N3S. The van der Waals surface area contributed by atoms with Gasteiger partial charge < -0.3 is 10.3 Å². The van der Waals surface area contributed by atoms with E-state index >= 15 is 0 Å². The topological polar surface area (TPSA) is 43.8 Å². The van der Waals surface area contributed by atoms with E-state index in [2.05, 4.69) is 48.0 Å². The largest absolute Gasteiger partial charge is 0.351 e. The molecule has 0 saturated heterocycles. The van der Waals surface area contributed by atoms with Crippen LogP contribution in [0.3, 0.4) is 0 Å². The maximum absolute atomic E-state index is 6.32. The molecule has 0 aromatic carbocycles. The first-order valence-corrected chi connectivity index (χ1v) is 8.17. The van der Waals surface area contributed by atoms with Crippen LogP contribution < -0.4 is 5.73 Å². The molecule has 0 bridgehead atoms. The maximum Gasteiger partial charge on any atom is 0.0945 e. The SMILES string of the molecule is Cc1csc(CCn2ccc3c2CC(C)(C)CC3N)n1. The van der Waals surface area contributed by atoms with E-state index in [-0.39, 0.29) is 6.04 Å². The molecule has 4 heteroatoms. The Labute approximate surface area is 124 Å².